The second-order valence-electron chi connectivity index (χ2n) is 3.66. The minimum atomic E-state index is 0. The summed E-state index contributed by atoms with van der Waals surface area (Å²) in [4.78, 5) is 13.8. The fourth-order valence-corrected chi connectivity index (χ4v) is 1.59. The molecule has 1 aromatic rings. The Hall–Kier alpha value is -0.690. The maximum Gasteiger partial charge on any atom is 0.254 e. The average molecular weight is 334 g/mol. The fraction of sp³-hybridized carbons (Fsp3) is 0.455. The molecule has 0 unspecified atom stereocenters. The first-order chi connectivity index (χ1) is 7.27. The van der Waals surface area contributed by atoms with Gasteiger partial charge in [0, 0.05) is 25.2 Å². The first-order valence-corrected chi connectivity index (χ1v) is 5.10. The van der Waals surface area contributed by atoms with Crippen molar-refractivity contribution in [2.24, 2.45) is 7.05 Å². The highest BCUT2D eigenvalue weighted by Crippen LogP contribution is 2.05. The molecule has 0 spiro atoms. The van der Waals surface area contributed by atoms with Crippen molar-refractivity contribution in [1.29, 1.82) is 0 Å². The molecule has 2 heterocycles. The second kappa shape index (κ2) is 6.15. The van der Waals surface area contributed by atoms with Gasteiger partial charge >= 0.3 is 0 Å². The van der Waals surface area contributed by atoms with Crippen molar-refractivity contribution in [2.75, 3.05) is 26.3 Å². The molecule has 1 aromatic heterocycles. The van der Waals surface area contributed by atoms with E-state index in [9.17, 15) is 4.79 Å². The molecule has 2 rings (SSSR count). The molecular formula is C11H15IN2O2. The molecule has 0 aliphatic carbocycles. The Balaban J connectivity index is 0.00000128. The topological polar surface area (TPSA) is 33.4 Å². The summed E-state index contributed by atoms with van der Waals surface area (Å²) >= 11 is 0. The summed E-state index contributed by atoms with van der Waals surface area (Å²) in [6.07, 6.45) is 3.77. The zero-order valence-corrected chi connectivity index (χ0v) is 11.4. The lowest BCUT2D eigenvalue weighted by Crippen LogP contribution is -3.00. The molecule has 0 aromatic carbocycles. The third-order valence-electron chi connectivity index (χ3n) is 2.52. The normalized spacial score (nSPS) is 15.4. The molecule has 4 nitrogen and oxygen atoms in total. The first kappa shape index (κ1) is 13.4. The van der Waals surface area contributed by atoms with Gasteiger partial charge in [0.2, 0.25) is 0 Å². The SMILES string of the molecule is C[n+]1ccc(C(=O)N2CCOCC2)cc1.[I-]. The Morgan fingerprint density at radius 1 is 1.31 bits per heavy atom. The van der Waals surface area contributed by atoms with Gasteiger partial charge in [-0.05, 0) is 0 Å². The molecule has 0 radical (unpaired) electrons. The van der Waals surface area contributed by atoms with E-state index < -0.39 is 0 Å². The minimum absolute atomic E-state index is 0. The van der Waals surface area contributed by atoms with Crippen LogP contribution in [0.25, 0.3) is 0 Å². The van der Waals surface area contributed by atoms with Crippen LogP contribution >= 0.6 is 0 Å². The molecule has 16 heavy (non-hydrogen) atoms. The molecule has 0 N–H and O–H groups in total. The fourth-order valence-electron chi connectivity index (χ4n) is 1.59. The summed E-state index contributed by atoms with van der Waals surface area (Å²) in [7, 11) is 1.93. The van der Waals surface area contributed by atoms with Crippen molar-refractivity contribution in [3.8, 4) is 0 Å². The van der Waals surface area contributed by atoms with Crippen LogP contribution in [-0.2, 0) is 11.8 Å². The predicted octanol–water partition coefficient (Wildman–Crippen LogP) is -3.01. The monoisotopic (exact) mass is 334 g/mol. The number of carbonyl (C=O) groups excluding carboxylic acids is 1. The first-order valence-electron chi connectivity index (χ1n) is 5.10. The molecule has 0 atom stereocenters. The summed E-state index contributed by atoms with van der Waals surface area (Å²) < 4.78 is 7.12. The van der Waals surface area contributed by atoms with Gasteiger partial charge in [0.05, 0.1) is 18.8 Å². The number of ether oxygens (including phenoxy) is 1. The van der Waals surface area contributed by atoms with Crippen LogP contribution in [0.2, 0.25) is 0 Å². The summed E-state index contributed by atoms with van der Waals surface area (Å²) in [6, 6.07) is 3.69. The maximum absolute atomic E-state index is 12.0. The molecule has 1 saturated heterocycles. The molecule has 0 saturated carbocycles. The van der Waals surface area contributed by atoms with Gasteiger partial charge in [-0.1, -0.05) is 0 Å². The van der Waals surface area contributed by atoms with E-state index in [2.05, 4.69) is 0 Å². The zero-order chi connectivity index (χ0) is 10.7. The van der Waals surface area contributed by atoms with Crippen LogP contribution in [0, 0.1) is 0 Å². The van der Waals surface area contributed by atoms with Crippen molar-refractivity contribution in [3.63, 3.8) is 0 Å². The van der Waals surface area contributed by atoms with E-state index in [1.54, 1.807) is 0 Å². The zero-order valence-electron chi connectivity index (χ0n) is 9.23. The molecular weight excluding hydrogens is 319 g/mol. The van der Waals surface area contributed by atoms with Crippen LogP contribution in [0.3, 0.4) is 0 Å². The third kappa shape index (κ3) is 3.15. The van der Waals surface area contributed by atoms with Crippen molar-refractivity contribution in [1.82, 2.24) is 4.90 Å². The van der Waals surface area contributed by atoms with Crippen LogP contribution in [0.4, 0.5) is 0 Å². The van der Waals surface area contributed by atoms with Crippen molar-refractivity contribution < 1.29 is 38.1 Å². The molecule has 1 fully saturated rings. The van der Waals surface area contributed by atoms with Crippen LogP contribution < -0.4 is 28.5 Å². The van der Waals surface area contributed by atoms with Gasteiger partial charge < -0.3 is 33.6 Å². The average Bonchev–Trinajstić information content (AvgIpc) is 2.30. The number of hydrogen-bond acceptors (Lipinski definition) is 2. The number of morpholine rings is 1. The number of aryl methyl sites for hydroxylation is 1. The molecule has 0 bridgehead atoms. The van der Waals surface area contributed by atoms with Gasteiger partial charge in [-0.3, -0.25) is 4.79 Å². The van der Waals surface area contributed by atoms with Gasteiger partial charge in [-0.15, -0.1) is 0 Å². The largest absolute Gasteiger partial charge is 1.00 e. The Labute approximate surface area is 112 Å². The van der Waals surface area contributed by atoms with Crippen LogP contribution in [0.1, 0.15) is 10.4 Å². The molecule has 1 aliphatic rings. The van der Waals surface area contributed by atoms with Gasteiger partial charge in [0.1, 0.15) is 7.05 Å². The summed E-state index contributed by atoms with van der Waals surface area (Å²) in [5.74, 6) is 0.0962. The van der Waals surface area contributed by atoms with Gasteiger partial charge in [0.15, 0.2) is 12.4 Å². The smallest absolute Gasteiger partial charge is 0.254 e. The van der Waals surface area contributed by atoms with E-state index in [1.165, 1.54) is 0 Å². The van der Waals surface area contributed by atoms with Crippen molar-refractivity contribution in [3.05, 3.63) is 30.1 Å². The van der Waals surface area contributed by atoms with E-state index >= 15 is 0 Å². The highest BCUT2D eigenvalue weighted by atomic mass is 127. The molecule has 5 heteroatoms. The Morgan fingerprint density at radius 3 is 2.44 bits per heavy atom. The molecule has 88 valence electrons. The number of halogens is 1. The number of amides is 1. The maximum atomic E-state index is 12.0. The van der Waals surface area contributed by atoms with E-state index in [0.29, 0.717) is 26.3 Å². The van der Waals surface area contributed by atoms with E-state index in [0.717, 1.165) is 5.56 Å². The second-order valence-corrected chi connectivity index (χ2v) is 3.66. The number of rotatable bonds is 1. The minimum Gasteiger partial charge on any atom is -1.00 e. The summed E-state index contributed by atoms with van der Waals surface area (Å²) in [5, 5.41) is 0. The predicted molar refractivity (Wildman–Crippen MR) is 54.3 cm³/mol. The van der Waals surface area contributed by atoms with Crippen LogP contribution in [-0.4, -0.2) is 37.1 Å². The van der Waals surface area contributed by atoms with Crippen LogP contribution in [0.5, 0.6) is 0 Å². The molecule has 1 amide bonds. The lowest BCUT2D eigenvalue weighted by Gasteiger charge is -2.26. The summed E-state index contributed by atoms with van der Waals surface area (Å²) in [5.41, 5.74) is 0.745. The van der Waals surface area contributed by atoms with E-state index in [4.69, 9.17) is 4.74 Å². The number of carbonyl (C=O) groups is 1. The number of hydrogen-bond donors (Lipinski definition) is 0. The van der Waals surface area contributed by atoms with Crippen LogP contribution in [0.15, 0.2) is 24.5 Å². The third-order valence-corrected chi connectivity index (χ3v) is 2.52. The number of nitrogens with zero attached hydrogens (tertiary/aromatic N) is 2. The molecule has 1 aliphatic heterocycles. The lowest BCUT2D eigenvalue weighted by atomic mass is 10.2. The van der Waals surface area contributed by atoms with Crippen molar-refractivity contribution in [2.45, 2.75) is 0 Å². The van der Waals surface area contributed by atoms with E-state index in [1.807, 2.05) is 41.0 Å². The Morgan fingerprint density at radius 2 is 1.88 bits per heavy atom. The lowest BCUT2D eigenvalue weighted by molar-refractivity contribution is -0.671. The Bertz CT molecular complexity index is 348. The van der Waals surface area contributed by atoms with Gasteiger partial charge in [-0.2, -0.15) is 0 Å². The summed E-state index contributed by atoms with van der Waals surface area (Å²) in [6.45, 7) is 2.68. The number of aromatic nitrogens is 1. The quantitative estimate of drug-likeness (QED) is 0.405. The van der Waals surface area contributed by atoms with Gasteiger partial charge in [0.25, 0.3) is 5.91 Å². The van der Waals surface area contributed by atoms with Crippen molar-refractivity contribution >= 4 is 5.91 Å². The van der Waals surface area contributed by atoms with Gasteiger partial charge in [-0.25, -0.2) is 4.57 Å². The number of pyridine rings is 1. The standard InChI is InChI=1S/C11H15N2O2.HI/c1-12-4-2-10(3-5-12)11(14)13-6-8-15-9-7-13;/h2-5H,6-9H2,1H3;1H/q+1;/p-1. The highest BCUT2D eigenvalue weighted by molar-refractivity contribution is 5.94. The highest BCUT2D eigenvalue weighted by Gasteiger charge is 2.18. The Kier molecular flexibility index (Phi) is 5.14. The van der Waals surface area contributed by atoms with E-state index in [-0.39, 0.29) is 29.9 Å².